The van der Waals surface area contributed by atoms with Crippen LogP contribution in [0.5, 0.6) is 0 Å². The minimum Gasteiger partial charge on any atom is -0.353 e. The van der Waals surface area contributed by atoms with Crippen molar-refractivity contribution in [1.82, 2.24) is 10.2 Å². The number of nitrogens with zero attached hydrogens (tertiary/aromatic N) is 1. The van der Waals surface area contributed by atoms with Crippen molar-refractivity contribution in [1.29, 1.82) is 0 Å². The molecular formula is C15H19ClN2O2. The lowest BCUT2D eigenvalue weighted by atomic mass is 10.0. The zero-order valence-corrected chi connectivity index (χ0v) is 12.5. The number of ketones is 1. The number of hydrogen-bond acceptors (Lipinski definition) is 3. The van der Waals surface area contributed by atoms with Gasteiger partial charge in [-0.3, -0.25) is 14.5 Å². The molecule has 0 bridgehead atoms. The van der Waals surface area contributed by atoms with Crippen LogP contribution in [0.1, 0.15) is 30.6 Å². The van der Waals surface area contributed by atoms with Crippen LogP contribution in [0.3, 0.4) is 0 Å². The predicted molar refractivity (Wildman–Crippen MR) is 79.0 cm³/mol. The molecule has 1 aliphatic heterocycles. The van der Waals surface area contributed by atoms with E-state index >= 15 is 0 Å². The number of carbonyl (C=O) groups is 2. The number of hydrogen-bond donors (Lipinski definition) is 1. The Hall–Kier alpha value is -1.39. The standard InChI is InChI=1S/C15H19ClN2O2/c1-10(2)17-15(20)13(18-7-8-18)9-14(19)11-3-5-12(16)6-4-11/h3-6,10,13H,7-9H2,1-2H3,(H,17,20). The fourth-order valence-electron chi connectivity index (χ4n) is 2.07. The lowest BCUT2D eigenvalue weighted by Crippen LogP contribution is -2.43. The van der Waals surface area contributed by atoms with Crippen molar-refractivity contribution >= 4 is 23.3 Å². The molecule has 1 aromatic carbocycles. The molecule has 5 heteroatoms. The third kappa shape index (κ3) is 4.05. The topological polar surface area (TPSA) is 49.2 Å². The number of Topliss-reactive ketones (excluding diaryl/α,β-unsaturated/α-hetero) is 1. The second kappa shape index (κ2) is 6.37. The Morgan fingerprint density at radius 3 is 2.35 bits per heavy atom. The van der Waals surface area contributed by atoms with Gasteiger partial charge in [0.05, 0.1) is 6.04 Å². The molecule has 0 saturated carbocycles. The molecule has 0 aliphatic carbocycles. The summed E-state index contributed by atoms with van der Waals surface area (Å²) in [6.07, 6.45) is 0.209. The minimum absolute atomic E-state index is 0.0301. The van der Waals surface area contributed by atoms with E-state index in [1.165, 1.54) is 0 Å². The van der Waals surface area contributed by atoms with Crippen LogP contribution in [0.4, 0.5) is 0 Å². The smallest absolute Gasteiger partial charge is 0.238 e. The van der Waals surface area contributed by atoms with E-state index < -0.39 is 0 Å². The van der Waals surface area contributed by atoms with Gasteiger partial charge in [-0.15, -0.1) is 0 Å². The molecule has 4 nitrogen and oxygen atoms in total. The molecule has 1 atom stereocenters. The molecule has 0 spiro atoms. The average Bonchev–Trinajstić information content (AvgIpc) is 3.19. The van der Waals surface area contributed by atoms with Crippen LogP contribution in [-0.2, 0) is 4.79 Å². The molecule has 1 fully saturated rings. The fourth-order valence-corrected chi connectivity index (χ4v) is 2.19. The SMILES string of the molecule is CC(C)NC(=O)C(CC(=O)c1ccc(Cl)cc1)N1CC1. The number of nitrogens with one attached hydrogen (secondary N) is 1. The summed E-state index contributed by atoms with van der Waals surface area (Å²) in [6, 6.07) is 6.50. The summed E-state index contributed by atoms with van der Waals surface area (Å²) < 4.78 is 0. The zero-order valence-electron chi connectivity index (χ0n) is 11.7. The van der Waals surface area contributed by atoms with Crippen molar-refractivity contribution in [2.24, 2.45) is 0 Å². The zero-order chi connectivity index (χ0) is 14.7. The summed E-state index contributed by atoms with van der Waals surface area (Å²) in [4.78, 5) is 26.4. The van der Waals surface area contributed by atoms with E-state index in [0.29, 0.717) is 10.6 Å². The summed E-state index contributed by atoms with van der Waals surface area (Å²) in [7, 11) is 0. The Balaban J connectivity index is 2.02. The Morgan fingerprint density at radius 1 is 1.25 bits per heavy atom. The average molecular weight is 295 g/mol. The van der Waals surface area contributed by atoms with Gasteiger partial charge >= 0.3 is 0 Å². The molecule has 1 saturated heterocycles. The Morgan fingerprint density at radius 2 is 1.85 bits per heavy atom. The van der Waals surface area contributed by atoms with Crippen LogP contribution in [0.2, 0.25) is 5.02 Å². The minimum atomic E-state index is -0.361. The highest BCUT2D eigenvalue weighted by Crippen LogP contribution is 2.18. The molecule has 1 N–H and O–H groups in total. The van der Waals surface area contributed by atoms with Crippen molar-refractivity contribution in [3.05, 3.63) is 34.9 Å². The van der Waals surface area contributed by atoms with E-state index in [4.69, 9.17) is 11.6 Å². The number of benzene rings is 1. The van der Waals surface area contributed by atoms with E-state index in [9.17, 15) is 9.59 Å². The molecule has 1 aromatic rings. The maximum absolute atomic E-state index is 12.2. The third-order valence-corrected chi connectivity index (χ3v) is 3.45. The van der Waals surface area contributed by atoms with Crippen molar-refractivity contribution in [3.8, 4) is 0 Å². The highest BCUT2D eigenvalue weighted by molar-refractivity contribution is 6.30. The molecule has 1 heterocycles. The molecule has 0 radical (unpaired) electrons. The van der Waals surface area contributed by atoms with Gasteiger partial charge in [0, 0.05) is 36.1 Å². The predicted octanol–water partition coefficient (Wildman–Crippen LogP) is 2.12. The molecule has 1 aliphatic rings. The van der Waals surface area contributed by atoms with Crippen molar-refractivity contribution in [2.45, 2.75) is 32.4 Å². The van der Waals surface area contributed by atoms with Gasteiger partial charge in [0.1, 0.15) is 0 Å². The van der Waals surface area contributed by atoms with Gasteiger partial charge in [0.2, 0.25) is 5.91 Å². The van der Waals surface area contributed by atoms with Gasteiger partial charge in [0.25, 0.3) is 0 Å². The van der Waals surface area contributed by atoms with Crippen LogP contribution in [-0.4, -0.2) is 41.8 Å². The largest absolute Gasteiger partial charge is 0.353 e. The summed E-state index contributed by atoms with van der Waals surface area (Å²) >= 11 is 5.81. The van der Waals surface area contributed by atoms with Crippen molar-refractivity contribution in [3.63, 3.8) is 0 Å². The van der Waals surface area contributed by atoms with Gasteiger partial charge in [0.15, 0.2) is 5.78 Å². The van der Waals surface area contributed by atoms with Gasteiger partial charge in [-0.1, -0.05) is 11.6 Å². The van der Waals surface area contributed by atoms with Crippen LogP contribution in [0, 0.1) is 0 Å². The second-order valence-corrected chi connectivity index (χ2v) is 5.79. The first kappa shape index (κ1) is 15.0. The van der Waals surface area contributed by atoms with Crippen molar-refractivity contribution < 1.29 is 9.59 Å². The highest BCUT2D eigenvalue weighted by atomic mass is 35.5. The molecule has 20 heavy (non-hydrogen) atoms. The Bertz CT molecular complexity index is 495. The third-order valence-electron chi connectivity index (χ3n) is 3.20. The summed E-state index contributed by atoms with van der Waals surface area (Å²) in [5.74, 6) is -0.0997. The number of amides is 1. The van der Waals surface area contributed by atoms with Crippen LogP contribution in [0.15, 0.2) is 24.3 Å². The Kier molecular flexibility index (Phi) is 4.78. The lowest BCUT2D eigenvalue weighted by Gasteiger charge is -2.19. The van der Waals surface area contributed by atoms with Gasteiger partial charge in [-0.25, -0.2) is 0 Å². The molecule has 108 valence electrons. The van der Waals surface area contributed by atoms with Gasteiger partial charge in [-0.2, -0.15) is 0 Å². The quantitative estimate of drug-likeness (QED) is 0.646. The van der Waals surface area contributed by atoms with E-state index in [-0.39, 0.29) is 30.2 Å². The summed E-state index contributed by atoms with van der Waals surface area (Å²) in [5.41, 5.74) is 0.596. The van der Waals surface area contributed by atoms with E-state index in [0.717, 1.165) is 13.1 Å². The molecule has 1 amide bonds. The van der Waals surface area contributed by atoms with Crippen LogP contribution < -0.4 is 5.32 Å². The van der Waals surface area contributed by atoms with E-state index in [1.807, 2.05) is 18.7 Å². The first-order valence-electron chi connectivity index (χ1n) is 6.80. The van der Waals surface area contributed by atoms with Gasteiger partial charge in [-0.05, 0) is 38.1 Å². The number of carbonyl (C=O) groups excluding carboxylic acids is 2. The van der Waals surface area contributed by atoms with E-state index in [1.54, 1.807) is 24.3 Å². The van der Waals surface area contributed by atoms with E-state index in [2.05, 4.69) is 5.32 Å². The number of halogens is 1. The fraction of sp³-hybridized carbons (Fsp3) is 0.467. The number of rotatable bonds is 6. The first-order valence-corrected chi connectivity index (χ1v) is 7.18. The molecule has 2 rings (SSSR count). The van der Waals surface area contributed by atoms with Gasteiger partial charge < -0.3 is 5.32 Å². The molecular weight excluding hydrogens is 276 g/mol. The monoisotopic (exact) mass is 294 g/mol. The highest BCUT2D eigenvalue weighted by Gasteiger charge is 2.34. The maximum Gasteiger partial charge on any atom is 0.238 e. The van der Waals surface area contributed by atoms with Crippen LogP contribution >= 0.6 is 11.6 Å². The van der Waals surface area contributed by atoms with Crippen molar-refractivity contribution in [2.75, 3.05) is 13.1 Å². The Labute approximate surface area is 124 Å². The molecule has 0 aromatic heterocycles. The van der Waals surface area contributed by atoms with Crippen LogP contribution in [0.25, 0.3) is 0 Å². The first-order chi connectivity index (χ1) is 9.47. The lowest BCUT2D eigenvalue weighted by molar-refractivity contribution is -0.125. The second-order valence-electron chi connectivity index (χ2n) is 5.35. The maximum atomic E-state index is 12.2. The summed E-state index contributed by atoms with van der Waals surface area (Å²) in [6.45, 7) is 5.59. The summed E-state index contributed by atoms with van der Waals surface area (Å²) in [5, 5.41) is 3.47. The normalized spacial score (nSPS) is 16.0. The molecule has 1 unspecified atom stereocenters.